The number of anilines is 3. The first kappa shape index (κ1) is 25.3. The summed E-state index contributed by atoms with van der Waals surface area (Å²) in [5.41, 5.74) is 2.02. The SMILES string of the molecule is CCN(CC)CCCNc1nc(Nc2ccccc2)c2ncn(C[C@@H]3O[C@H](CO)[C@@H](O)[C@@H]3O)c2n1. The van der Waals surface area contributed by atoms with E-state index in [1.54, 1.807) is 10.9 Å². The average Bonchev–Trinajstić information content (AvgIpc) is 3.41. The van der Waals surface area contributed by atoms with E-state index >= 15 is 0 Å². The van der Waals surface area contributed by atoms with Crippen molar-refractivity contribution < 1.29 is 20.1 Å². The van der Waals surface area contributed by atoms with Gasteiger partial charge in [-0.2, -0.15) is 9.97 Å². The van der Waals surface area contributed by atoms with Crippen molar-refractivity contribution in [1.82, 2.24) is 24.4 Å². The molecule has 11 heteroatoms. The number of hydrogen-bond donors (Lipinski definition) is 5. The van der Waals surface area contributed by atoms with Gasteiger partial charge in [-0.3, -0.25) is 0 Å². The molecule has 0 saturated carbocycles. The summed E-state index contributed by atoms with van der Waals surface area (Å²) in [6, 6.07) is 9.71. The summed E-state index contributed by atoms with van der Waals surface area (Å²) in [6.07, 6.45) is -1.22. The predicted molar refractivity (Wildman–Crippen MR) is 134 cm³/mol. The van der Waals surface area contributed by atoms with Gasteiger partial charge in [0.1, 0.15) is 24.4 Å². The average molecular weight is 486 g/mol. The maximum Gasteiger partial charge on any atom is 0.226 e. The molecule has 1 aliphatic rings. The van der Waals surface area contributed by atoms with Gasteiger partial charge in [0.25, 0.3) is 0 Å². The first-order valence-electron chi connectivity index (χ1n) is 12.2. The molecule has 11 nitrogen and oxygen atoms in total. The highest BCUT2D eigenvalue weighted by Gasteiger charge is 2.42. The molecule has 1 saturated heterocycles. The fourth-order valence-corrected chi connectivity index (χ4v) is 4.27. The van der Waals surface area contributed by atoms with Gasteiger partial charge in [0.05, 0.1) is 19.5 Å². The number of aliphatic hydroxyl groups excluding tert-OH is 3. The quantitative estimate of drug-likeness (QED) is 0.238. The molecule has 4 rings (SSSR count). The Bertz CT molecular complexity index is 1080. The Morgan fingerprint density at radius 1 is 1.06 bits per heavy atom. The van der Waals surface area contributed by atoms with E-state index in [-0.39, 0.29) is 13.2 Å². The van der Waals surface area contributed by atoms with Crippen LogP contribution in [0.4, 0.5) is 17.5 Å². The topological polar surface area (TPSA) is 141 Å². The smallest absolute Gasteiger partial charge is 0.226 e. The fraction of sp³-hybridized carbons (Fsp3) is 0.542. The number of fused-ring (bicyclic) bond motifs is 1. The van der Waals surface area contributed by atoms with Gasteiger partial charge in [0.15, 0.2) is 17.0 Å². The normalized spacial score (nSPS) is 22.2. The van der Waals surface area contributed by atoms with Crippen LogP contribution in [-0.4, -0.2) is 96.9 Å². The highest BCUT2D eigenvalue weighted by molar-refractivity contribution is 5.86. The van der Waals surface area contributed by atoms with E-state index in [1.165, 1.54) is 0 Å². The van der Waals surface area contributed by atoms with Crippen LogP contribution in [0.2, 0.25) is 0 Å². The van der Waals surface area contributed by atoms with E-state index in [1.807, 2.05) is 30.3 Å². The number of para-hydroxylation sites is 1. The van der Waals surface area contributed by atoms with Gasteiger partial charge >= 0.3 is 0 Å². The Morgan fingerprint density at radius 2 is 1.80 bits per heavy atom. The van der Waals surface area contributed by atoms with Crippen LogP contribution in [0.25, 0.3) is 11.2 Å². The Hall–Kier alpha value is -2.83. The summed E-state index contributed by atoms with van der Waals surface area (Å²) >= 11 is 0. The van der Waals surface area contributed by atoms with Crippen LogP contribution in [0.5, 0.6) is 0 Å². The second kappa shape index (κ2) is 11.7. The van der Waals surface area contributed by atoms with Gasteiger partial charge in [-0.1, -0.05) is 32.0 Å². The molecule has 1 aromatic carbocycles. The molecular formula is C24H35N7O4. The summed E-state index contributed by atoms with van der Waals surface area (Å²) < 4.78 is 7.43. The molecule has 1 fully saturated rings. The van der Waals surface area contributed by atoms with Crippen molar-refractivity contribution in [2.45, 2.75) is 51.2 Å². The Balaban J connectivity index is 1.57. The van der Waals surface area contributed by atoms with E-state index in [9.17, 15) is 15.3 Å². The Morgan fingerprint density at radius 3 is 2.49 bits per heavy atom. The second-order valence-corrected chi connectivity index (χ2v) is 8.64. The highest BCUT2D eigenvalue weighted by atomic mass is 16.6. The zero-order chi connectivity index (χ0) is 24.8. The molecule has 4 atom stereocenters. The van der Waals surface area contributed by atoms with Crippen molar-refractivity contribution in [2.24, 2.45) is 0 Å². The van der Waals surface area contributed by atoms with Crippen molar-refractivity contribution in [3.05, 3.63) is 36.7 Å². The van der Waals surface area contributed by atoms with Gasteiger partial charge < -0.3 is 40.2 Å². The Labute approximate surface area is 204 Å². The lowest BCUT2D eigenvalue weighted by molar-refractivity contribution is -0.0262. The van der Waals surface area contributed by atoms with Crippen LogP contribution in [0.3, 0.4) is 0 Å². The minimum Gasteiger partial charge on any atom is -0.394 e. The standard InChI is InChI=1S/C24H35N7O4/c1-3-30(4-2)12-8-11-25-24-28-22(27-16-9-6-5-7-10-16)19-23(29-24)31(15-26-19)13-17-20(33)21(34)18(14-32)35-17/h5-7,9-10,15,17-18,20-21,32-34H,3-4,8,11-14H2,1-2H3,(H2,25,27,28,29)/t17-,18+,20+,21+/m0/s1. The molecular weight excluding hydrogens is 450 g/mol. The molecule has 1 aliphatic heterocycles. The van der Waals surface area contributed by atoms with Crippen molar-refractivity contribution in [3.63, 3.8) is 0 Å². The van der Waals surface area contributed by atoms with Gasteiger partial charge in [-0.25, -0.2) is 4.98 Å². The summed E-state index contributed by atoms with van der Waals surface area (Å²) in [6.45, 7) is 7.90. The molecule has 3 heterocycles. The van der Waals surface area contributed by atoms with Crippen LogP contribution in [0, 0.1) is 0 Å². The number of ether oxygens (including phenoxy) is 1. The van der Waals surface area contributed by atoms with Crippen LogP contribution in [0.1, 0.15) is 20.3 Å². The molecule has 0 bridgehead atoms. The number of rotatable bonds is 12. The van der Waals surface area contributed by atoms with Crippen molar-refractivity contribution in [2.75, 3.05) is 43.4 Å². The molecule has 0 aliphatic carbocycles. The van der Waals surface area contributed by atoms with Crippen LogP contribution >= 0.6 is 0 Å². The molecule has 35 heavy (non-hydrogen) atoms. The summed E-state index contributed by atoms with van der Waals surface area (Å²) in [4.78, 5) is 16.2. The monoisotopic (exact) mass is 485 g/mol. The van der Waals surface area contributed by atoms with Gasteiger partial charge in [-0.05, 0) is 38.2 Å². The number of aliphatic hydroxyl groups is 3. The largest absolute Gasteiger partial charge is 0.394 e. The zero-order valence-electron chi connectivity index (χ0n) is 20.2. The molecule has 0 unspecified atom stereocenters. The van der Waals surface area contributed by atoms with Gasteiger partial charge in [0.2, 0.25) is 5.95 Å². The van der Waals surface area contributed by atoms with E-state index in [0.29, 0.717) is 22.9 Å². The number of imidazole rings is 1. The van der Waals surface area contributed by atoms with E-state index in [0.717, 1.165) is 38.3 Å². The number of nitrogens with zero attached hydrogens (tertiary/aromatic N) is 5. The minimum absolute atomic E-state index is 0.217. The van der Waals surface area contributed by atoms with Gasteiger partial charge in [-0.15, -0.1) is 0 Å². The zero-order valence-corrected chi connectivity index (χ0v) is 20.2. The third-order valence-electron chi connectivity index (χ3n) is 6.35. The third kappa shape index (κ3) is 5.88. The van der Waals surface area contributed by atoms with Crippen LogP contribution < -0.4 is 10.6 Å². The second-order valence-electron chi connectivity index (χ2n) is 8.64. The highest BCUT2D eigenvalue weighted by Crippen LogP contribution is 2.27. The van der Waals surface area contributed by atoms with E-state index < -0.39 is 24.4 Å². The molecule has 2 aromatic heterocycles. The lowest BCUT2D eigenvalue weighted by Crippen LogP contribution is -2.35. The first-order valence-corrected chi connectivity index (χ1v) is 12.2. The number of nitrogens with one attached hydrogen (secondary N) is 2. The molecule has 0 radical (unpaired) electrons. The van der Waals surface area contributed by atoms with E-state index in [4.69, 9.17) is 9.72 Å². The maximum absolute atomic E-state index is 10.4. The summed E-state index contributed by atoms with van der Waals surface area (Å²) in [5.74, 6) is 1.03. The lowest BCUT2D eigenvalue weighted by atomic mass is 10.1. The predicted octanol–water partition coefficient (Wildman–Crippen LogP) is 1.20. The Kier molecular flexibility index (Phi) is 8.47. The molecule has 190 valence electrons. The first-order chi connectivity index (χ1) is 17.0. The molecule has 3 aromatic rings. The summed E-state index contributed by atoms with van der Waals surface area (Å²) in [5, 5.41) is 36.5. The minimum atomic E-state index is -1.15. The molecule has 5 N–H and O–H groups in total. The number of hydrogen-bond acceptors (Lipinski definition) is 10. The third-order valence-corrected chi connectivity index (χ3v) is 6.35. The van der Waals surface area contributed by atoms with Crippen LogP contribution in [-0.2, 0) is 11.3 Å². The van der Waals surface area contributed by atoms with Gasteiger partial charge in [0, 0.05) is 12.2 Å². The fourth-order valence-electron chi connectivity index (χ4n) is 4.27. The van der Waals surface area contributed by atoms with Crippen molar-refractivity contribution in [3.8, 4) is 0 Å². The number of aromatic nitrogens is 4. The lowest BCUT2D eigenvalue weighted by Gasteiger charge is -2.18. The van der Waals surface area contributed by atoms with E-state index in [2.05, 4.69) is 39.3 Å². The van der Waals surface area contributed by atoms with Crippen LogP contribution in [0.15, 0.2) is 36.7 Å². The van der Waals surface area contributed by atoms with Crippen molar-refractivity contribution >= 4 is 28.6 Å². The summed E-state index contributed by atoms with van der Waals surface area (Å²) in [7, 11) is 0. The molecule has 0 amide bonds. The molecule has 0 spiro atoms. The van der Waals surface area contributed by atoms with Crippen molar-refractivity contribution in [1.29, 1.82) is 0 Å². The maximum atomic E-state index is 10.4. The number of benzene rings is 1.